The van der Waals surface area contributed by atoms with Gasteiger partial charge >= 0.3 is 5.97 Å². The number of H-pyrrole nitrogens is 1. The Kier molecular flexibility index (Phi) is 7.23. The molecule has 0 spiro atoms. The second-order valence-electron chi connectivity index (χ2n) is 5.81. The molecule has 0 bridgehead atoms. The fourth-order valence-corrected chi connectivity index (χ4v) is 2.74. The molecule has 2 N–H and O–H groups in total. The molecule has 2 aromatic carbocycles. The summed E-state index contributed by atoms with van der Waals surface area (Å²) in [5.41, 5.74) is 3.01. The SMILES string of the molecule is CCN(CC)CCc1c[nH]c2ccccc12.O=C(O)c1ccccc1. The number of fused-ring (bicyclic) bond motifs is 1. The van der Waals surface area contributed by atoms with Crippen LogP contribution in [0.2, 0.25) is 0 Å². The number of hydrogen-bond donors (Lipinski definition) is 2. The van der Waals surface area contributed by atoms with Crippen LogP contribution in [0.5, 0.6) is 0 Å². The van der Waals surface area contributed by atoms with Gasteiger partial charge in [0.25, 0.3) is 0 Å². The van der Waals surface area contributed by atoms with E-state index in [9.17, 15) is 4.79 Å². The second kappa shape index (κ2) is 9.64. The van der Waals surface area contributed by atoms with E-state index >= 15 is 0 Å². The van der Waals surface area contributed by atoms with Gasteiger partial charge < -0.3 is 15.0 Å². The molecule has 132 valence electrons. The van der Waals surface area contributed by atoms with Crippen LogP contribution in [0.4, 0.5) is 0 Å². The number of para-hydroxylation sites is 1. The van der Waals surface area contributed by atoms with Crippen molar-refractivity contribution in [1.29, 1.82) is 0 Å². The van der Waals surface area contributed by atoms with Crippen LogP contribution in [-0.2, 0) is 6.42 Å². The van der Waals surface area contributed by atoms with Gasteiger partial charge in [0.2, 0.25) is 0 Å². The number of carboxylic acids is 1. The molecule has 0 radical (unpaired) electrons. The number of rotatable bonds is 6. The first-order valence-electron chi connectivity index (χ1n) is 8.71. The summed E-state index contributed by atoms with van der Waals surface area (Å²) in [6, 6.07) is 16.8. The molecule has 25 heavy (non-hydrogen) atoms. The number of aromatic amines is 1. The third-order valence-corrected chi connectivity index (χ3v) is 4.29. The molecule has 0 aliphatic rings. The maximum absolute atomic E-state index is 10.2. The molecule has 1 heterocycles. The molecular formula is C21H26N2O2. The Bertz CT molecular complexity index is 777. The van der Waals surface area contributed by atoms with Gasteiger partial charge in [0, 0.05) is 23.6 Å². The van der Waals surface area contributed by atoms with E-state index in [0.29, 0.717) is 5.56 Å². The van der Waals surface area contributed by atoms with Gasteiger partial charge in [-0.2, -0.15) is 0 Å². The Labute approximate surface area is 149 Å². The highest BCUT2D eigenvalue weighted by Crippen LogP contribution is 2.18. The van der Waals surface area contributed by atoms with Gasteiger partial charge in [-0.05, 0) is 43.3 Å². The number of nitrogens with zero attached hydrogens (tertiary/aromatic N) is 1. The van der Waals surface area contributed by atoms with E-state index in [-0.39, 0.29) is 0 Å². The zero-order chi connectivity index (χ0) is 18.1. The minimum atomic E-state index is -0.879. The Balaban J connectivity index is 0.000000212. The maximum atomic E-state index is 10.2. The van der Waals surface area contributed by atoms with Gasteiger partial charge in [0.05, 0.1) is 5.56 Å². The molecule has 0 saturated heterocycles. The summed E-state index contributed by atoms with van der Waals surface area (Å²) >= 11 is 0. The molecule has 3 rings (SSSR count). The van der Waals surface area contributed by atoms with Crippen LogP contribution in [0.15, 0.2) is 60.8 Å². The van der Waals surface area contributed by atoms with Crippen molar-refractivity contribution in [1.82, 2.24) is 9.88 Å². The van der Waals surface area contributed by atoms with E-state index in [1.54, 1.807) is 30.3 Å². The van der Waals surface area contributed by atoms with E-state index in [1.165, 1.54) is 16.5 Å². The lowest BCUT2D eigenvalue weighted by molar-refractivity contribution is 0.0697. The molecule has 0 aliphatic heterocycles. The standard InChI is InChI=1S/C14H20N2.C7H6O2/c1-3-16(4-2)10-9-12-11-15-14-8-6-5-7-13(12)14;8-7(9)6-4-2-1-3-5-6/h5-8,11,15H,3-4,9-10H2,1-2H3;1-5H,(H,8,9). The molecule has 0 amide bonds. The van der Waals surface area contributed by atoms with Crippen molar-refractivity contribution in [2.24, 2.45) is 0 Å². The summed E-state index contributed by atoms with van der Waals surface area (Å²) in [4.78, 5) is 16.0. The maximum Gasteiger partial charge on any atom is 0.335 e. The van der Waals surface area contributed by atoms with Gasteiger partial charge in [0.1, 0.15) is 0 Å². The van der Waals surface area contributed by atoms with Crippen LogP contribution in [-0.4, -0.2) is 40.6 Å². The highest BCUT2D eigenvalue weighted by molar-refractivity contribution is 5.87. The fraction of sp³-hybridized carbons (Fsp3) is 0.286. The Hall–Kier alpha value is -2.59. The summed E-state index contributed by atoms with van der Waals surface area (Å²) in [5.74, 6) is -0.879. The van der Waals surface area contributed by atoms with Crippen LogP contribution in [0, 0.1) is 0 Å². The molecule has 1 aromatic heterocycles. The highest BCUT2D eigenvalue weighted by atomic mass is 16.4. The predicted octanol–water partition coefficient (Wildman–Crippen LogP) is 4.44. The number of aromatic nitrogens is 1. The molecule has 0 saturated carbocycles. The van der Waals surface area contributed by atoms with Gasteiger partial charge in [-0.15, -0.1) is 0 Å². The first kappa shape index (κ1) is 18.7. The minimum Gasteiger partial charge on any atom is -0.478 e. The lowest BCUT2D eigenvalue weighted by atomic mass is 10.1. The quantitative estimate of drug-likeness (QED) is 0.699. The molecule has 0 atom stereocenters. The number of benzene rings is 2. The Morgan fingerprint density at radius 1 is 1.00 bits per heavy atom. The van der Waals surface area contributed by atoms with E-state index < -0.39 is 5.97 Å². The van der Waals surface area contributed by atoms with Gasteiger partial charge in [-0.3, -0.25) is 0 Å². The number of carboxylic acid groups (broad SMARTS) is 1. The van der Waals surface area contributed by atoms with Crippen LogP contribution >= 0.6 is 0 Å². The molecule has 3 aromatic rings. The third-order valence-electron chi connectivity index (χ3n) is 4.29. The fourth-order valence-electron chi connectivity index (χ4n) is 2.74. The highest BCUT2D eigenvalue weighted by Gasteiger charge is 2.04. The number of hydrogen-bond acceptors (Lipinski definition) is 2. The zero-order valence-corrected chi connectivity index (χ0v) is 14.9. The molecule has 0 aliphatic carbocycles. The van der Waals surface area contributed by atoms with Crippen molar-refractivity contribution in [2.75, 3.05) is 19.6 Å². The molecule has 0 fully saturated rings. The largest absolute Gasteiger partial charge is 0.478 e. The number of aromatic carboxylic acids is 1. The molecular weight excluding hydrogens is 312 g/mol. The third kappa shape index (κ3) is 5.47. The van der Waals surface area contributed by atoms with Crippen molar-refractivity contribution >= 4 is 16.9 Å². The van der Waals surface area contributed by atoms with E-state index in [4.69, 9.17) is 5.11 Å². The number of carbonyl (C=O) groups is 1. The van der Waals surface area contributed by atoms with Crippen LogP contribution < -0.4 is 0 Å². The van der Waals surface area contributed by atoms with Crippen molar-refractivity contribution in [3.63, 3.8) is 0 Å². The normalized spacial score (nSPS) is 10.5. The van der Waals surface area contributed by atoms with Crippen molar-refractivity contribution in [3.05, 3.63) is 71.9 Å². The van der Waals surface area contributed by atoms with Gasteiger partial charge in [-0.1, -0.05) is 50.2 Å². The van der Waals surface area contributed by atoms with Crippen LogP contribution in [0.1, 0.15) is 29.8 Å². The Morgan fingerprint density at radius 3 is 2.24 bits per heavy atom. The monoisotopic (exact) mass is 338 g/mol. The average Bonchev–Trinajstić information content (AvgIpc) is 3.07. The first-order chi connectivity index (χ1) is 12.2. The summed E-state index contributed by atoms with van der Waals surface area (Å²) in [6.07, 6.45) is 3.28. The van der Waals surface area contributed by atoms with Gasteiger partial charge in [-0.25, -0.2) is 4.79 Å². The molecule has 4 heteroatoms. The number of likely N-dealkylation sites (N-methyl/N-ethyl adjacent to an activating group) is 1. The van der Waals surface area contributed by atoms with Crippen molar-refractivity contribution < 1.29 is 9.90 Å². The predicted molar refractivity (Wildman–Crippen MR) is 103 cm³/mol. The Morgan fingerprint density at radius 2 is 1.64 bits per heavy atom. The molecule has 0 unspecified atom stereocenters. The summed E-state index contributed by atoms with van der Waals surface area (Å²) in [6.45, 7) is 7.87. The van der Waals surface area contributed by atoms with E-state index in [2.05, 4.69) is 54.2 Å². The lowest BCUT2D eigenvalue weighted by Crippen LogP contribution is -2.25. The van der Waals surface area contributed by atoms with Crippen molar-refractivity contribution in [2.45, 2.75) is 20.3 Å². The zero-order valence-electron chi connectivity index (χ0n) is 14.9. The molecule has 4 nitrogen and oxygen atoms in total. The lowest BCUT2D eigenvalue weighted by Gasteiger charge is -2.17. The van der Waals surface area contributed by atoms with E-state index in [1.807, 2.05) is 0 Å². The average molecular weight is 338 g/mol. The minimum absolute atomic E-state index is 0.331. The summed E-state index contributed by atoms with van der Waals surface area (Å²) in [7, 11) is 0. The van der Waals surface area contributed by atoms with Crippen LogP contribution in [0.3, 0.4) is 0 Å². The summed E-state index contributed by atoms with van der Waals surface area (Å²) in [5, 5.41) is 9.75. The summed E-state index contributed by atoms with van der Waals surface area (Å²) < 4.78 is 0. The van der Waals surface area contributed by atoms with Crippen molar-refractivity contribution in [3.8, 4) is 0 Å². The smallest absolute Gasteiger partial charge is 0.335 e. The number of nitrogens with one attached hydrogen (secondary N) is 1. The van der Waals surface area contributed by atoms with E-state index in [0.717, 1.165) is 26.1 Å². The topological polar surface area (TPSA) is 56.3 Å². The van der Waals surface area contributed by atoms with Crippen LogP contribution in [0.25, 0.3) is 10.9 Å². The first-order valence-corrected chi connectivity index (χ1v) is 8.71. The second-order valence-corrected chi connectivity index (χ2v) is 5.81. The van der Waals surface area contributed by atoms with Gasteiger partial charge in [0.15, 0.2) is 0 Å².